The number of hydrogen-bond donors (Lipinski definition) is 4. The van der Waals surface area contributed by atoms with Gasteiger partial charge in [-0.3, -0.25) is 0 Å². The third kappa shape index (κ3) is 3.82. The van der Waals surface area contributed by atoms with Crippen molar-refractivity contribution in [2.24, 2.45) is 0 Å². The first-order chi connectivity index (χ1) is 13.8. The van der Waals surface area contributed by atoms with Gasteiger partial charge in [0, 0.05) is 11.4 Å². The van der Waals surface area contributed by atoms with E-state index in [1.807, 2.05) is 49.4 Å². The summed E-state index contributed by atoms with van der Waals surface area (Å²) in [7, 11) is 0. The van der Waals surface area contributed by atoms with Gasteiger partial charge in [0.05, 0.1) is 11.1 Å². The van der Waals surface area contributed by atoms with Crippen molar-refractivity contribution in [3.8, 4) is 0 Å². The van der Waals surface area contributed by atoms with Crippen molar-refractivity contribution in [3.05, 3.63) is 83.4 Å². The van der Waals surface area contributed by atoms with Crippen LogP contribution in [0.5, 0.6) is 0 Å². The molecule has 4 aromatic carbocycles. The zero-order chi connectivity index (χ0) is 21.1. The molecule has 0 spiro atoms. The highest BCUT2D eigenvalue weighted by Crippen LogP contribution is 2.27. The molecule has 0 saturated heterocycles. The molecule has 0 unspecified atom stereocenters. The average molecular weight is 388 g/mol. The van der Waals surface area contributed by atoms with Gasteiger partial charge in [0.15, 0.2) is 0 Å². The molecule has 6 N–H and O–H groups in total. The highest BCUT2D eigenvalue weighted by molar-refractivity contribution is 6.09. The van der Waals surface area contributed by atoms with Crippen LogP contribution >= 0.6 is 0 Å². The van der Waals surface area contributed by atoms with Crippen LogP contribution in [-0.2, 0) is 0 Å². The van der Waals surface area contributed by atoms with E-state index in [2.05, 4.69) is 0 Å². The molecule has 4 rings (SSSR count). The van der Waals surface area contributed by atoms with Crippen molar-refractivity contribution in [1.82, 2.24) is 0 Å². The Balaban J connectivity index is 0.000000166. The predicted molar refractivity (Wildman–Crippen MR) is 115 cm³/mol. The lowest BCUT2D eigenvalue weighted by Gasteiger charge is -2.08. The van der Waals surface area contributed by atoms with Crippen molar-refractivity contribution < 1.29 is 19.8 Å². The summed E-state index contributed by atoms with van der Waals surface area (Å²) in [4.78, 5) is 22.1. The highest BCUT2D eigenvalue weighted by Gasteiger charge is 2.14. The summed E-state index contributed by atoms with van der Waals surface area (Å²) in [5, 5.41) is 21.3. The zero-order valence-electron chi connectivity index (χ0n) is 15.7. The lowest BCUT2D eigenvalue weighted by atomic mass is 9.99. The minimum atomic E-state index is -0.987. The minimum Gasteiger partial charge on any atom is -0.478 e. The molecule has 29 heavy (non-hydrogen) atoms. The van der Waals surface area contributed by atoms with E-state index >= 15 is 0 Å². The molecule has 0 aliphatic rings. The van der Waals surface area contributed by atoms with Crippen LogP contribution in [0.2, 0.25) is 0 Å². The summed E-state index contributed by atoms with van der Waals surface area (Å²) in [6.45, 7) is 1.81. The third-order valence-corrected chi connectivity index (χ3v) is 4.69. The molecule has 0 atom stereocenters. The summed E-state index contributed by atoms with van der Waals surface area (Å²) in [5.41, 5.74) is 13.2. The van der Waals surface area contributed by atoms with Gasteiger partial charge in [-0.25, -0.2) is 9.59 Å². The number of nitrogen functional groups attached to an aromatic ring is 2. The normalized spacial score (nSPS) is 10.4. The molecule has 146 valence electrons. The summed E-state index contributed by atoms with van der Waals surface area (Å²) in [6.07, 6.45) is 0. The maximum atomic E-state index is 11.1. The smallest absolute Gasteiger partial charge is 0.338 e. The van der Waals surface area contributed by atoms with Crippen LogP contribution in [-0.4, -0.2) is 22.2 Å². The van der Waals surface area contributed by atoms with Crippen molar-refractivity contribution >= 4 is 44.9 Å². The van der Waals surface area contributed by atoms with Crippen LogP contribution in [0.4, 0.5) is 11.4 Å². The van der Waals surface area contributed by atoms with Crippen LogP contribution in [0.25, 0.3) is 21.5 Å². The zero-order valence-corrected chi connectivity index (χ0v) is 15.7. The van der Waals surface area contributed by atoms with Gasteiger partial charge in [0.1, 0.15) is 0 Å². The van der Waals surface area contributed by atoms with Crippen molar-refractivity contribution in [1.29, 1.82) is 0 Å². The van der Waals surface area contributed by atoms with E-state index in [9.17, 15) is 9.59 Å². The monoisotopic (exact) mass is 388 g/mol. The third-order valence-electron chi connectivity index (χ3n) is 4.69. The van der Waals surface area contributed by atoms with Crippen LogP contribution in [0.15, 0.2) is 66.7 Å². The van der Waals surface area contributed by atoms with E-state index in [0.29, 0.717) is 22.1 Å². The number of aryl methyl sites for hydroxylation is 1. The number of rotatable bonds is 2. The first kappa shape index (κ1) is 19.7. The fourth-order valence-corrected chi connectivity index (χ4v) is 3.26. The van der Waals surface area contributed by atoms with E-state index in [-0.39, 0.29) is 11.1 Å². The Morgan fingerprint density at radius 3 is 1.83 bits per heavy atom. The molecule has 0 bridgehead atoms. The lowest BCUT2D eigenvalue weighted by molar-refractivity contribution is 0.0689. The fraction of sp³-hybridized carbons (Fsp3) is 0.0435. The Morgan fingerprint density at radius 2 is 1.24 bits per heavy atom. The maximum Gasteiger partial charge on any atom is 0.338 e. The molecular weight excluding hydrogens is 368 g/mol. The number of hydrogen-bond acceptors (Lipinski definition) is 4. The molecular formula is C23H20N2O4. The second kappa shape index (κ2) is 7.90. The minimum absolute atomic E-state index is 0.183. The summed E-state index contributed by atoms with van der Waals surface area (Å²) >= 11 is 0. The first-order valence-electron chi connectivity index (χ1n) is 8.83. The number of fused-ring (bicyclic) bond motifs is 2. The maximum absolute atomic E-state index is 11.1. The number of carbonyl (C=O) groups is 2. The lowest BCUT2D eigenvalue weighted by Crippen LogP contribution is -2.05. The Labute approximate surface area is 167 Å². The van der Waals surface area contributed by atoms with Crippen molar-refractivity contribution in [2.75, 3.05) is 11.5 Å². The van der Waals surface area contributed by atoms with Crippen molar-refractivity contribution in [3.63, 3.8) is 0 Å². The number of carboxylic acid groups (broad SMARTS) is 2. The van der Waals surface area contributed by atoms with E-state index in [0.717, 1.165) is 16.3 Å². The molecule has 0 aromatic heterocycles. The van der Waals surface area contributed by atoms with Gasteiger partial charge in [0.25, 0.3) is 0 Å². The number of nitrogens with two attached hydrogens (primary N) is 2. The van der Waals surface area contributed by atoms with Gasteiger partial charge < -0.3 is 21.7 Å². The van der Waals surface area contributed by atoms with Crippen LogP contribution in [0, 0.1) is 6.92 Å². The standard InChI is InChI=1S/C12H11NO2.C11H9NO2/c1-7-6-8-4-2-3-5-9(8)10(11(7)13)12(14)15;12-9-6-5-7-3-1-2-4-8(7)10(9)11(13)14/h2-6H,13H2,1H3,(H,14,15);1-6H,12H2,(H,13,14). The molecule has 0 amide bonds. The Morgan fingerprint density at radius 1 is 0.724 bits per heavy atom. The predicted octanol–water partition coefficient (Wildman–Crippen LogP) is 4.55. The SMILES string of the molecule is Cc1cc2ccccc2c(C(=O)O)c1N.Nc1ccc2ccccc2c1C(=O)O. The number of carboxylic acids is 2. The molecule has 0 saturated carbocycles. The van der Waals surface area contributed by atoms with E-state index in [1.54, 1.807) is 24.3 Å². The molecule has 0 heterocycles. The van der Waals surface area contributed by atoms with Gasteiger partial charge in [0.2, 0.25) is 0 Å². The van der Waals surface area contributed by atoms with Crippen molar-refractivity contribution in [2.45, 2.75) is 6.92 Å². The summed E-state index contributed by atoms with van der Waals surface area (Å²) in [5.74, 6) is -1.97. The van der Waals surface area contributed by atoms with Crippen LogP contribution in [0.3, 0.4) is 0 Å². The van der Waals surface area contributed by atoms with E-state index in [4.69, 9.17) is 21.7 Å². The Hall–Kier alpha value is -4.06. The number of aromatic carboxylic acids is 2. The van der Waals surface area contributed by atoms with E-state index in [1.165, 1.54) is 0 Å². The second-order valence-electron chi connectivity index (χ2n) is 6.56. The quantitative estimate of drug-likeness (QED) is 0.373. The Kier molecular flexibility index (Phi) is 5.36. The average Bonchev–Trinajstić information content (AvgIpc) is 2.68. The summed E-state index contributed by atoms with van der Waals surface area (Å²) < 4.78 is 0. The molecule has 0 fully saturated rings. The fourth-order valence-electron chi connectivity index (χ4n) is 3.26. The Bertz CT molecular complexity index is 1250. The molecule has 6 heteroatoms. The molecule has 0 aliphatic carbocycles. The topological polar surface area (TPSA) is 127 Å². The second-order valence-corrected chi connectivity index (χ2v) is 6.56. The van der Waals surface area contributed by atoms with E-state index < -0.39 is 11.9 Å². The van der Waals surface area contributed by atoms with Gasteiger partial charge >= 0.3 is 11.9 Å². The largest absolute Gasteiger partial charge is 0.478 e. The highest BCUT2D eigenvalue weighted by atomic mass is 16.4. The van der Waals surface area contributed by atoms with Gasteiger partial charge in [-0.05, 0) is 46.2 Å². The molecule has 0 radical (unpaired) electrons. The van der Waals surface area contributed by atoms with Gasteiger partial charge in [-0.15, -0.1) is 0 Å². The first-order valence-corrected chi connectivity index (χ1v) is 8.83. The molecule has 6 nitrogen and oxygen atoms in total. The number of anilines is 2. The molecule has 4 aromatic rings. The number of benzene rings is 4. The van der Waals surface area contributed by atoms with Crippen LogP contribution in [0.1, 0.15) is 26.3 Å². The van der Waals surface area contributed by atoms with Gasteiger partial charge in [-0.2, -0.15) is 0 Å². The van der Waals surface area contributed by atoms with Gasteiger partial charge in [-0.1, -0.05) is 54.6 Å². The van der Waals surface area contributed by atoms with Crippen LogP contribution < -0.4 is 11.5 Å². The summed E-state index contributed by atoms with van der Waals surface area (Å²) in [6, 6.07) is 20.0. The molecule has 0 aliphatic heterocycles.